The SMILES string of the molecule is CC(C)(C)C(=CBr)n1c2ccccc2c(=O)c2ccccc21. The maximum atomic E-state index is 12.8. The Morgan fingerprint density at radius 3 is 1.82 bits per heavy atom. The highest BCUT2D eigenvalue weighted by Gasteiger charge is 2.22. The lowest BCUT2D eigenvalue weighted by molar-refractivity contribution is 0.545. The molecule has 0 aliphatic heterocycles. The summed E-state index contributed by atoms with van der Waals surface area (Å²) >= 11 is 3.52. The molecule has 0 radical (unpaired) electrons. The molecule has 0 aliphatic carbocycles. The Labute approximate surface area is 138 Å². The molecule has 0 aliphatic rings. The minimum absolute atomic E-state index is 0.0654. The fourth-order valence-corrected chi connectivity index (χ4v) is 3.70. The van der Waals surface area contributed by atoms with Crippen molar-refractivity contribution in [3.05, 3.63) is 63.7 Å². The van der Waals surface area contributed by atoms with Gasteiger partial charge in [0.25, 0.3) is 0 Å². The second-order valence-corrected chi connectivity index (χ2v) is 6.90. The number of rotatable bonds is 1. The maximum absolute atomic E-state index is 12.8. The van der Waals surface area contributed by atoms with Crippen molar-refractivity contribution in [1.29, 1.82) is 0 Å². The van der Waals surface area contributed by atoms with Crippen LogP contribution in [0.2, 0.25) is 0 Å². The summed E-state index contributed by atoms with van der Waals surface area (Å²) in [6, 6.07) is 15.6. The van der Waals surface area contributed by atoms with Gasteiger partial charge in [0.05, 0.1) is 11.0 Å². The summed E-state index contributed by atoms with van der Waals surface area (Å²) in [6.07, 6.45) is 0. The van der Waals surface area contributed by atoms with Crippen LogP contribution in [-0.2, 0) is 0 Å². The third-order valence-electron chi connectivity index (χ3n) is 3.89. The molecule has 0 saturated heterocycles. The van der Waals surface area contributed by atoms with E-state index in [-0.39, 0.29) is 10.8 Å². The first-order valence-electron chi connectivity index (χ1n) is 7.29. The van der Waals surface area contributed by atoms with E-state index in [4.69, 9.17) is 0 Å². The van der Waals surface area contributed by atoms with Crippen molar-refractivity contribution in [2.24, 2.45) is 5.41 Å². The number of halogens is 1. The van der Waals surface area contributed by atoms with Gasteiger partial charge in [-0.25, -0.2) is 0 Å². The number of benzene rings is 2. The third-order valence-corrected chi connectivity index (χ3v) is 4.33. The molecule has 1 aromatic heterocycles. The van der Waals surface area contributed by atoms with Gasteiger partial charge in [-0.2, -0.15) is 0 Å². The lowest BCUT2D eigenvalue weighted by Crippen LogP contribution is -2.18. The van der Waals surface area contributed by atoms with Crippen LogP contribution >= 0.6 is 15.9 Å². The summed E-state index contributed by atoms with van der Waals surface area (Å²) in [7, 11) is 0. The Balaban J connectivity index is 2.61. The van der Waals surface area contributed by atoms with Gasteiger partial charge in [0.1, 0.15) is 0 Å². The molecule has 0 fully saturated rings. The minimum atomic E-state index is -0.0654. The second kappa shape index (κ2) is 5.40. The molecule has 0 unspecified atom stereocenters. The molecule has 0 N–H and O–H groups in total. The normalized spacial score (nSPS) is 13.0. The average molecular weight is 356 g/mol. The van der Waals surface area contributed by atoms with Crippen LogP contribution in [0.3, 0.4) is 0 Å². The molecule has 0 saturated carbocycles. The van der Waals surface area contributed by atoms with Crippen LogP contribution in [0.5, 0.6) is 0 Å². The monoisotopic (exact) mass is 355 g/mol. The molecule has 0 atom stereocenters. The quantitative estimate of drug-likeness (QED) is 0.536. The third kappa shape index (κ3) is 2.30. The van der Waals surface area contributed by atoms with Gasteiger partial charge in [-0.05, 0) is 24.3 Å². The molecule has 2 aromatic carbocycles. The van der Waals surface area contributed by atoms with Gasteiger partial charge in [0.2, 0.25) is 0 Å². The number of hydrogen-bond donors (Lipinski definition) is 0. The molecule has 0 bridgehead atoms. The summed E-state index contributed by atoms with van der Waals surface area (Å²) in [5.74, 6) is 0. The first-order valence-corrected chi connectivity index (χ1v) is 8.20. The van der Waals surface area contributed by atoms with E-state index in [0.29, 0.717) is 0 Å². The van der Waals surface area contributed by atoms with Crippen molar-refractivity contribution < 1.29 is 0 Å². The predicted octanol–water partition coefficient (Wildman–Crippen LogP) is 5.39. The zero-order chi connectivity index (χ0) is 15.9. The zero-order valence-electron chi connectivity index (χ0n) is 12.9. The van der Waals surface area contributed by atoms with Crippen molar-refractivity contribution in [2.45, 2.75) is 20.8 Å². The van der Waals surface area contributed by atoms with Crippen LogP contribution in [0, 0.1) is 5.41 Å². The van der Waals surface area contributed by atoms with Crippen molar-refractivity contribution >= 4 is 43.4 Å². The molecule has 0 amide bonds. The largest absolute Gasteiger partial charge is 0.312 e. The number of pyridine rings is 1. The fraction of sp³-hybridized carbons (Fsp3) is 0.211. The highest BCUT2D eigenvalue weighted by molar-refractivity contribution is 9.11. The Morgan fingerprint density at radius 1 is 0.955 bits per heavy atom. The number of para-hydroxylation sites is 2. The van der Waals surface area contributed by atoms with Crippen LogP contribution in [0.1, 0.15) is 20.8 Å². The average Bonchev–Trinajstić information content (AvgIpc) is 2.50. The molecule has 3 aromatic rings. The van der Waals surface area contributed by atoms with Crippen molar-refractivity contribution in [3.63, 3.8) is 0 Å². The molecule has 3 heteroatoms. The first-order chi connectivity index (χ1) is 10.4. The summed E-state index contributed by atoms with van der Waals surface area (Å²) in [4.78, 5) is 14.7. The van der Waals surface area contributed by atoms with Crippen LogP contribution < -0.4 is 5.43 Å². The van der Waals surface area contributed by atoms with E-state index < -0.39 is 0 Å². The number of aromatic nitrogens is 1. The Bertz CT molecular complexity index is 885. The number of fused-ring (bicyclic) bond motifs is 2. The smallest absolute Gasteiger partial charge is 0.197 e. The topological polar surface area (TPSA) is 22.0 Å². The lowest BCUT2D eigenvalue weighted by Gasteiger charge is -2.27. The van der Waals surface area contributed by atoms with Crippen LogP contribution in [0.15, 0.2) is 58.3 Å². The zero-order valence-corrected chi connectivity index (χ0v) is 14.5. The molecule has 2 nitrogen and oxygen atoms in total. The van der Waals surface area contributed by atoms with E-state index >= 15 is 0 Å². The Morgan fingerprint density at radius 2 is 1.41 bits per heavy atom. The number of allylic oxidation sites excluding steroid dienone is 1. The van der Waals surface area contributed by atoms with Crippen LogP contribution in [0.4, 0.5) is 0 Å². The van der Waals surface area contributed by atoms with Gasteiger partial charge >= 0.3 is 0 Å². The fourth-order valence-electron chi connectivity index (χ4n) is 2.80. The first kappa shape index (κ1) is 15.0. The van der Waals surface area contributed by atoms with E-state index in [1.54, 1.807) is 0 Å². The molecule has 22 heavy (non-hydrogen) atoms. The van der Waals surface area contributed by atoms with E-state index in [2.05, 4.69) is 41.3 Å². The maximum Gasteiger partial charge on any atom is 0.197 e. The van der Waals surface area contributed by atoms with E-state index in [0.717, 1.165) is 27.5 Å². The van der Waals surface area contributed by atoms with Crippen LogP contribution in [-0.4, -0.2) is 4.57 Å². The van der Waals surface area contributed by atoms with Gasteiger partial charge in [0.15, 0.2) is 5.43 Å². The number of nitrogens with zero attached hydrogens (tertiary/aromatic N) is 1. The lowest BCUT2D eigenvalue weighted by atomic mass is 9.91. The van der Waals surface area contributed by atoms with Crippen molar-refractivity contribution in [2.75, 3.05) is 0 Å². The summed E-state index contributed by atoms with van der Waals surface area (Å²) in [5, 5.41) is 1.50. The highest BCUT2D eigenvalue weighted by Crippen LogP contribution is 2.35. The molecular weight excluding hydrogens is 338 g/mol. The summed E-state index contributed by atoms with van der Waals surface area (Å²) in [5.41, 5.74) is 3.01. The van der Waals surface area contributed by atoms with Crippen molar-refractivity contribution in [1.82, 2.24) is 4.57 Å². The minimum Gasteiger partial charge on any atom is -0.312 e. The Kier molecular flexibility index (Phi) is 3.69. The standard InChI is InChI=1S/C19H18BrNO/c1-19(2,3)17(12-20)21-15-10-6-4-8-13(15)18(22)14-9-5-7-11-16(14)21/h4-12H,1-3H3. The molecular formula is C19H18BrNO. The van der Waals surface area contributed by atoms with E-state index in [9.17, 15) is 4.79 Å². The molecule has 3 rings (SSSR count). The van der Waals surface area contributed by atoms with Gasteiger partial charge in [-0.15, -0.1) is 0 Å². The molecule has 1 heterocycles. The summed E-state index contributed by atoms with van der Waals surface area (Å²) in [6.45, 7) is 6.51. The highest BCUT2D eigenvalue weighted by atomic mass is 79.9. The Hall–Kier alpha value is -1.87. The predicted molar refractivity (Wildman–Crippen MR) is 98.4 cm³/mol. The van der Waals surface area contributed by atoms with Crippen molar-refractivity contribution in [3.8, 4) is 0 Å². The van der Waals surface area contributed by atoms with Gasteiger partial charge in [-0.1, -0.05) is 61.0 Å². The van der Waals surface area contributed by atoms with E-state index in [1.165, 1.54) is 0 Å². The van der Waals surface area contributed by atoms with Gasteiger partial charge in [-0.3, -0.25) is 4.79 Å². The molecule has 112 valence electrons. The number of hydrogen-bond acceptors (Lipinski definition) is 1. The van der Waals surface area contributed by atoms with E-state index in [1.807, 2.05) is 53.5 Å². The summed E-state index contributed by atoms with van der Waals surface area (Å²) < 4.78 is 2.18. The van der Waals surface area contributed by atoms with Gasteiger partial charge in [0, 0.05) is 26.9 Å². The van der Waals surface area contributed by atoms with Crippen LogP contribution in [0.25, 0.3) is 27.5 Å². The second-order valence-electron chi connectivity index (χ2n) is 6.44. The van der Waals surface area contributed by atoms with Gasteiger partial charge < -0.3 is 4.57 Å². The molecule has 0 spiro atoms.